The van der Waals surface area contributed by atoms with Crippen LogP contribution >= 0.6 is 0 Å². The van der Waals surface area contributed by atoms with E-state index in [4.69, 9.17) is 14.6 Å². The number of benzene rings is 1. The molecule has 1 unspecified atom stereocenters. The number of hydrogen-bond donors (Lipinski definition) is 1. The molecule has 1 aliphatic heterocycles. The molecule has 1 aromatic rings. The van der Waals surface area contributed by atoms with Crippen LogP contribution in [0.1, 0.15) is 56.6 Å². The highest BCUT2D eigenvalue weighted by molar-refractivity contribution is 5.37. The van der Waals surface area contributed by atoms with Gasteiger partial charge in [0, 0.05) is 0 Å². The first-order valence-corrected chi connectivity index (χ1v) is 9.94. The van der Waals surface area contributed by atoms with E-state index in [1.807, 2.05) is 0 Å². The summed E-state index contributed by atoms with van der Waals surface area (Å²) in [6.45, 7) is 3.42. The van der Waals surface area contributed by atoms with E-state index in [1.54, 1.807) is 0 Å². The Morgan fingerprint density at radius 2 is 2.12 bits per heavy atom. The molecule has 0 bridgehead atoms. The van der Waals surface area contributed by atoms with E-state index < -0.39 is 0 Å². The molecule has 0 radical (unpaired) electrons. The Morgan fingerprint density at radius 1 is 1.28 bits per heavy atom. The van der Waals surface area contributed by atoms with Crippen molar-refractivity contribution in [3.63, 3.8) is 0 Å². The third-order valence-corrected chi connectivity index (χ3v) is 5.76. The Hall–Kier alpha value is -1.32. The number of rotatable bonds is 8. The van der Waals surface area contributed by atoms with Gasteiger partial charge in [-0.1, -0.05) is 44.1 Å². The van der Waals surface area contributed by atoms with Crippen LogP contribution in [0.25, 0.3) is 0 Å². The van der Waals surface area contributed by atoms with Crippen molar-refractivity contribution >= 4 is 0 Å². The Morgan fingerprint density at radius 3 is 2.80 bits per heavy atom. The van der Waals surface area contributed by atoms with Crippen LogP contribution in [0.3, 0.4) is 0 Å². The quantitative estimate of drug-likeness (QED) is 0.708. The minimum atomic E-state index is -0.0484. The molecular weight excluding hydrogens is 312 g/mol. The van der Waals surface area contributed by atoms with Crippen LogP contribution in [-0.4, -0.2) is 30.5 Å². The second kappa shape index (κ2) is 8.86. The summed E-state index contributed by atoms with van der Waals surface area (Å²) >= 11 is 0. The van der Waals surface area contributed by atoms with Gasteiger partial charge in [0.2, 0.25) is 0 Å². The van der Waals surface area contributed by atoms with Gasteiger partial charge in [0.25, 0.3) is 0 Å². The molecule has 1 fully saturated rings. The molecule has 3 rings (SSSR count). The molecule has 1 aliphatic carbocycles. The van der Waals surface area contributed by atoms with E-state index in [0.29, 0.717) is 12.5 Å². The van der Waals surface area contributed by atoms with Crippen molar-refractivity contribution in [3.8, 4) is 5.75 Å². The van der Waals surface area contributed by atoms with Gasteiger partial charge in [0.15, 0.2) is 0 Å². The Bertz CT molecular complexity index is 575. The van der Waals surface area contributed by atoms with Crippen molar-refractivity contribution in [2.24, 2.45) is 5.92 Å². The Balaban J connectivity index is 1.70. The third kappa shape index (κ3) is 4.45. The van der Waals surface area contributed by atoms with Gasteiger partial charge in [-0.05, 0) is 61.6 Å². The van der Waals surface area contributed by atoms with Crippen molar-refractivity contribution in [1.29, 1.82) is 0 Å². The Kier molecular flexibility index (Phi) is 6.55. The second-order valence-corrected chi connectivity index (χ2v) is 7.34. The molecule has 0 saturated heterocycles. The maximum Gasteiger partial charge on any atom is 0.122 e. The SMILES string of the molecule is CCc1cc(CCC2(C3CCCC3)C=CCCO2)ccc1OCCO. The van der Waals surface area contributed by atoms with Crippen LogP contribution in [0.4, 0.5) is 0 Å². The first-order valence-electron chi connectivity index (χ1n) is 9.94. The fraction of sp³-hybridized carbons (Fsp3) is 0.636. The molecule has 3 nitrogen and oxygen atoms in total. The normalized spacial score (nSPS) is 23.9. The molecular formula is C22H32O3. The van der Waals surface area contributed by atoms with E-state index in [2.05, 4.69) is 37.3 Å². The summed E-state index contributed by atoms with van der Waals surface area (Å²) in [5.74, 6) is 1.58. The molecule has 3 heteroatoms. The lowest BCUT2D eigenvalue weighted by Crippen LogP contribution is -2.40. The summed E-state index contributed by atoms with van der Waals surface area (Å²) in [7, 11) is 0. The lowest BCUT2D eigenvalue weighted by atomic mass is 9.79. The van der Waals surface area contributed by atoms with Crippen molar-refractivity contribution in [1.82, 2.24) is 0 Å². The third-order valence-electron chi connectivity index (χ3n) is 5.76. The first-order chi connectivity index (χ1) is 12.3. The predicted octanol–water partition coefficient (Wildman–Crippen LogP) is 4.46. The van der Waals surface area contributed by atoms with Crippen molar-refractivity contribution in [2.45, 2.75) is 63.9 Å². The molecule has 2 aliphatic rings. The minimum Gasteiger partial charge on any atom is -0.491 e. The van der Waals surface area contributed by atoms with Gasteiger partial charge in [0.05, 0.1) is 18.8 Å². The monoisotopic (exact) mass is 344 g/mol. The smallest absolute Gasteiger partial charge is 0.122 e. The Labute approximate surface area is 152 Å². The summed E-state index contributed by atoms with van der Waals surface area (Å²) in [6, 6.07) is 6.49. The maximum absolute atomic E-state index is 8.96. The van der Waals surface area contributed by atoms with Crippen LogP contribution in [-0.2, 0) is 17.6 Å². The van der Waals surface area contributed by atoms with E-state index in [9.17, 15) is 0 Å². The summed E-state index contributed by atoms with van der Waals surface area (Å²) < 4.78 is 12.0. The molecule has 0 amide bonds. The lowest BCUT2D eigenvalue weighted by molar-refractivity contribution is -0.0600. The second-order valence-electron chi connectivity index (χ2n) is 7.34. The zero-order valence-corrected chi connectivity index (χ0v) is 15.5. The van der Waals surface area contributed by atoms with Crippen molar-refractivity contribution in [3.05, 3.63) is 41.5 Å². The summed E-state index contributed by atoms with van der Waals surface area (Å²) in [4.78, 5) is 0. The molecule has 138 valence electrons. The fourth-order valence-corrected chi connectivity index (χ4v) is 4.38. The molecule has 1 N–H and O–H groups in total. The first kappa shape index (κ1) is 18.5. The number of aliphatic hydroxyl groups is 1. The molecule has 1 atom stereocenters. The van der Waals surface area contributed by atoms with E-state index in [-0.39, 0.29) is 12.2 Å². The van der Waals surface area contributed by atoms with Crippen LogP contribution in [0, 0.1) is 5.92 Å². The van der Waals surface area contributed by atoms with Gasteiger partial charge in [-0.25, -0.2) is 0 Å². The van der Waals surface area contributed by atoms with Gasteiger partial charge in [0.1, 0.15) is 12.4 Å². The molecule has 1 heterocycles. The highest BCUT2D eigenvalue weighted by Crippen LogP contribution is 2.42. The summed E-state index contributed by atoms with van der Waals surface area (Å²) in [5, 5.41) is 8.96. The standard InChI is InChI=1S/C22H32O3/c1-2-19-17-18(9-10-21(19)24-16-14-23)11-13-22(12-5-6-15-25-22)20-7-3-4-8-20/h5,9-10,12,17,20,23H,2-4,6-8,11,13-16H2,1H3. The molecule has 25 heavy (non-hydrogen) atoms. The topological polar surface area (TPSA) is 38.7 Å². The van der Waals surface area contributed by atoms with Gasteiger partial charge in [-0.2, -0.15) is 0 Å². The van der Waals surface area contributed by atoms with Crippen LogP contribution in [0.5, 0.6) is 5.75 Å². The van der Waals surface area contributed by atoms with Gasteiger partial charge < -0.3 is 14.6 Å². The van der Waals surface area contributed by atoms with Crippen LogP contribution in [0.15, 0.2) is 30.4 Å². The van der Waals surface area contributed by atoms with Crippen molar-refractivity contribution in [2.75, 3.05) is 19.8 Å². The largest absolute Gasteiger partial charge is 0.491 e. The van der Waals surface area contributed by atoms with Crippen LogP contribution < -0.4 is 4.74 Å². The maximum atomic E-state index is 8.96. The average molecular weight is 344 g/mol. The van der Waals surface area contributed by atoms with E-state index in [0.717, 1.165) is 38.0 Å². The predicted molar refractivity (Wildman–Crippen MR) is 101 cm³/mol. The summed E-state index contributed by atoms with van der Waals surface area (Å²) in [6.07, 6.45) is 14.1. The van der Waals surface area contributed by atoms with E-state index >= 15 is 0 Å². The average Bonchev–Trinajstić information content (AvgIpc) is 3.21. The summed E-state index contributed by atoms with van der Waals surface area (Å²) in [5.41, 5.74) is 2.53. The van der Waals surface area contributed by atoms with Crippen LogP contribution in [0.2, 0.25) is 0 Å². The van der Waals surface area contributed by atoms with Gasteiger partial charge in [-0.15, -0.1) is 0 Å². The number of ether oxygens (including phenoxy) is 2. The molecule has 1 aromatic carbocycles. The number of aliphatic hydroxyl groups excluding tert-OH is 1. The highest BCUT2D eigenvalue weighted by Gasteiger charge is 2.39. The van der Waals surface area contributed by atoms with E-state index in [1.165, 1.54) is 36.8 Å². The minimum absolute atomic E-state index is 0.0484. The highest BCUT2D eigenvalue weighted by atomic mass is 16.5. The van der Waals surface area contributed by atoms with Crippen molar-refractivity contribution < 1.29 is 14.6 Å². The zero-order valence-electron chi connectivity index (χ0n) is 15.5. The lowest BCUT2D eigenvalue weighted by Gasteiger charge is -2.39. The molecule has 0 spiro atoms. The number of hydrogen-bond acceptors (Lipinski definition) is 3. The fourth-order valence-electron chi connectivity index (χ4n) is 4.38. The van der Waals surface area contributed by atoms with Gasteiger partial charge in [-0.3, -0.25) is 0 Å². The number of aryl methyl sites for hydroxylation is 2. The molecule has 1 saturated carbocycles. The zero-order chi connectivity index (χ0) is 17.5. The van der Waals surface area contributed by atoms with Gasteiger partial charge >= 0.3 is 0 Å². The molecule has 0 aromatic heterocycles.